The van der Waals surface area contributed by atoms with Crippen molar-refractivity contribution in [2.75, 3.05) is 6.61 Å². The Morgan fingerprint density at radius 2 is 1.38 bits per heavy atom. The molecule has 2 heteroatoms. The molecule has 0 spiro atoms. The van der Waals surface area contributed by atoms with Gasteiger partial charge in [-0.25, -0.2) is 0 Å². The van der Waals surface area contributed by atoms with E-state index in [1.165, 1.54) is 56.1 Å². The molecule has 0 saturated carbocycles. The average Bonchev–Trinajstić information content (AvgIpc) is 2.61. The molecule has 0 fully saturated rings. The van der Waals surface area contributed by atoms with E-state index in [2.05, 4.69) is 65.3 Å². The van der Waals surface area contributed by atoms with Crippen molar-refractivity contribution >= 4 is 15.9 Å². The van der Waals surface area contributed by atoms with Crippen LogP contribution in [0, 0.1) is 0 Å². The fraction of sp³-hybridized carbons (Fsp3) is 0.455. The third kappa shape index (κ3) is 6.68. The summed E-state index contributed by atoms with van der Waals surface area (Å²) in [5.74, 6) is 0.966. The predicted octanol–water partition coefficient (Wildman–Crippen LogP) is 7.64. The number of ether oxygens (including phenoxy) is 1. The van der Waals surface area contributed by atoms with E-state index in [0.29, 0.717) is 0 Å². The maximum Gasteiger partial charge on any atom is 0.119 e. The second-order valence-corrected chi connectivity index (χ2v) is 7.18. The Labute approximate surface area is 155 Å². The molecule has 0 unspecified atom stereocenters. The summed E-state index contributed by atoms with van der Waals surface area (Å²) in [6.45, 7) is 3.09. The van der Waals surface area contributed by atoms with E-state index in [0.717, 1.165) is 23.2 Å². The van der Waals surface area contributed by atoms with E-state index in [1.807, 2.05) is 6.07 Å². The molecular weight excluding hydrogens is 360 g/mol. The second kappa shape index (κ2) is 11.3. The Bertz CT molecular complexity index is 577. The van der Waals surface area contributed by atoms with Crippen molar-refractivity contribution in [3.63, 3.8) is 0 Å². The predicted molar refractivity (Wildman–Crippen MR) is 108 cm³/mol. The van der Waals surface area contributed by atoms with Crippen LogP contribution in [0.5, 0.6) is 5.75 Å². The van der Waals surface area contributed by atoms with Crippen LogP contribution in [0.1, 0.15) is 58.3 Å². The molecule has 0 amide bonds. The first-order valence-corrected chi connectivity index (χ1v) is 10.1. The Morgan fingerprint density at radius 3 is 2.04 bits per heavy atom. The lowest BCUT2D eigenvalue weighted by atomic mass is 10.1. The first-order valence-electron chi connectivity index (χ1n) is 9.29. The zero-order valence-electron chi connectivity index (χ0n) is 14.8. The van der Waals surface area contributed by atoms with Crippen molar-refractivity contribution in [3.05, 3.63) is 53.0 Å². The molecule has 2 aromatic carbocycles. The molecule has 130 valence electrons. The zero-order valence-corrected chi connectivity index (χ0v) is 16.4. The average molecular weight is 389 g/mol. The van der Waals surface area contributed by atoms with E-state index >= 15 is 0 Å². The Morgan fingerprint density at radius 1 is 0.750 bits per heavy atom. The van der Waals surface area contributed by atoms with Gasteiger partial charge in [0.1, 0.15) is 5.75 Å². The van der Waals surface area contributed by atoms with Gasteiger partial charge >= 0.3 is 0 Å². The molecule has 0 saturated heterocycles. The normalized spacial score (nSPS) is 10.8. The van der Waals surface area contributed by atoms with Gasteiger partial charge in [0.2, 0.25) is 0 Å². The minimum atomic E-state index is 0.823. The molecule has 0 N–H and O–H groups in total. The molecule has 1 nitrogen and oxygen atoms in total. The fourth-order valence-corrected chi connectivity index (χ4v) is 3.37. The summed E-state index contributed by atoms with van der Waals surface area (Å²) in [5, 5.41) is 0. The molecule has 2 aromatic rings. The van der Waals surface area contributed by atoms with E-state index in [4.69, 9.17) is 4.74 Å². The molecule has 0 aliphatic heterocycles. The van der Waals surface area contributed by atoms with Gasteiger partial charge in [-0.15, -0.1) is 0 Å². The Kier molecular flexibility index (Phi) is 8.97. The molecule has 0 atom stereocenters. The fourth-order valence-electron chi connectivity index (χ4n) is 2.85. The van der Waals surface area contributed by atoms with E-state index in [-0.39, 0.29) is 0 Å². The Balaban J connectivity index is 1.65. The number of unbranched alkanes of at least 4 members (excludes halogenated alkanes) is 7. The molecule has 0 heterocycles. The maximum absolute atomic E-state index is 5.86. The van der Waals surface area contributed by atoms with Crippen LogP contribution >= 0.6 is 15.9 Å². The topological polar surface area (TPSA) is 9.23 Å². The van der Waals surface area contributed by atoms with E-state index in [1.54, 1.807) is 0 Å². The first-order chi connectivity index (χ1) is 11.8. The number of hydrogen-bond acceptors (Lipinski definition) is 1. The van der Waals surface area contributed by atoms with Gasteiger partial charge in [0.05, 0.1) is 6.61 Å². The molecule has 0 aromatic heterocycles. The number of hydrogen-bond donors (Lipinski definition) is 0. The lowest BCUT2D eigenvalue weighted by molar-refractivity contribution is 0.304. The number of benzene rings is 2. The van der Waals surface area contributed by atoms with Gasteiger partial charge in [-0.1, -0.05) is 98.1 Å². The monoisotopic (exact) mass is 388 g/mol. The smallest absolute Gasteiger partial charge is 0.119 e. The van der Waals surface area contributed by atoms with Crippen LogP contribution in [0.25, 0.3) is 11.1 Å². The van der Waals surface area contributed by atoms with Gasteiger partial charge in [0.15, 0.2) is 0 Å². The highest BCUT2D eigenvalue weighted by atomic mass is 79.9. The lowest BCUT2D eigenvalue weighted by Crippen LogP contribution is -1.97. The van der Waals surface area contributed by atoms with Gasteiger partial charge in [-0.05, 0) is 35.7 Å². The van der Waals surface area contributed by atoms with Crippen molar-refractivity contribution in [3.8, 4) is 16.9 Å². The quantitative estimate of drug-likeness (QED) is 0.359. The van der Waals surface area contributed by atoms with Crippen LogP contribution in [-0.2, 0) is 0 Å². The number of rotatable bonds is 11. The van der Waals surface area contributed by atoms with Crippen LogP contribution in [0.15, 0.2) is 53.0 Å². The maximum atomic E-state index is 5.86. The molecular formula is C22H29BrO. The van der Waals surface area contributed by atoms with Crippen LogP contribution in [0.3, 0.4) is 0 Å². The van der Waals surface area contributed by atoms with Gasteiger partial charge in [0.25, 0.3) is 0 Å². The highest BCUT2D eigenvalue weighted by molar-refractivity contribution is 9.10. The van der Waals surface area contributed by atoms with Crippen LogP contribution < -0.4 is 4.74 Å². The van der Waals surface area contributed by atoms with E-state index in [9.17, 15) is 0 Å². The van der Waals surface area contributed by atoms with Gasteiger partial charge in [-0.2, -0.15) is 0 Å². The van der Waals surface area contributed by atoms with Crippen molar-refractivity contribution in [1.29, 1.82) is 0 Å². The van der Waals surface area contributed by atoms with Crippen LogP contribution in [0.4, 0.5) is 0 Å². The van der Waals surface area contributed by atoms with Crippen molar-refractivity contribution < 1.29 is 4.74 Å². The molecule has 0 aliphatic carbocycles. The Hall–Kier alpha value is -1.28. The van der Waals surface area contributed by atoms with Gasteiger partial charge < -0.3 is 4.74 Å². The molecule has 0 bridgehead atoms. The molecule has 0 radical (unpaired) electrons. The van der Waals surface area contributed by atoms with Crippen molar-refractivity contribution in [2.24, 2.45) is 0 Å². The number of halogens is 1. The highest BCUT2D eigenvalue weighted by Crippen LogP contribution is 2.29. The summed E-state index contributed by atoms with van der Waals surface area (Å²) in [6, 6.07) is 16.7. The van der Waals surface area contributed by atoms with Crippen LogP contribution in [0.2, 0.25) is 0 Å². The summed E-state index contributed by atoms with van der Waals surface area (Å²) >= 11 is 3.61. The molecule has 2 rings (SSSR count). The summed E-state index contributed by atoms with van der Waals surface area (Å²) in [4.78, 5) is 0. The lowest BCUT2D eigenvalue weighted by Gasteiger charge is -2.08. The summed E-state index contributed by atoms with van der Waals surface area (Å²) < 4.78 is 6.98. The summed E-state index contributed by atoms with van der Waals surface area (Å²) in [5.41, 5.74) is 2.43. The summed E-state index contributed by atoms with van der Waals surface area (Å²) in [6.07, 6.45) is 10.7. The standard InChI is InChI=1S/C22H29BrO/c1-2-3-4-5-6-7-8-11-18-24-20-16-14-19(15-17-20)21-12-9-10-13-22(21)23/h9-10,12-17H,2-8,11,18H2,1H3. The molecule has 0 aliphatic rings. The van der Waals surface area contributed by atoms with Crippen molar-refractivity contribution in [1.82, 2.24) is 0 Å². The largest absolute Gasteiger partial charge is 0.494 e. The summed E-state index contributed by atoms with van der Waals surface area (Å²) in [7, 11) is 0. The highest BCUT2D eigenvalue weighted by Gasteiger charge is 2.02. The van der Waals surface area contributed by atoms with Gasteiger partial charge in [0, 0.05) is 4.47 Å². The third-order valence-electron chi connectivity index (χ3n) is 4.31. The van der Waals surface area contributed by atoms with Gasteiger partial charge in [-0.3, -0.25) is 0 Å². The second-order valence-electron chi connectivity index (χ2n) is 6.33. The van der Waals surface area contributed by atoms with E-state index < -0.39 is 0 Å². The van der Waals surface area contributed by atoms with Crippen molar-refractivity contribution in [2.45, 2.75) is 58.3 Å². The van der Waals surface area contributed by atoms with Crippen LogP contribution in [-0.4, -0.2) is 6.61 Å². The third-order valence-corrected chi connectivity index (χ3v) is 5.00. The molecule has 24 heavy (non-hydrogen) atoms. The zero-order chi connectivity index (χ0) is 17.0. The minimum absolute atomic E-state index is 0.823. The SMILES string of the molecule is CCCCCCCCCCOc1ccc(-c2ccccc2Br)cc1. The first kappa shape index (κ1) is 19.1. The minimum Gasteiger partial charge on any atom is -0.494 e.